The van der Waals surface area contributed by atoms with Crippen LogP contribution < -0.4 is 5.32 Å². The van der Waals surface area contributed by atoms with Crippen molar-refractivity contribution in [1.82, 2.24) is 5.32 Å². The summed E-state index contributed by atoms with van der Waals surface area (Å²) in [6, 6.07) is 2.90. The zero-order valence-corrected chi connectivity index (χ0v) is 13.9. The molecule has 0 amide bonds. The first-order valence-corrected chi connectivity index (χ1v) is 9.04. The number of rotatable bonds is 5. The molecular formula is C13H19Cl2NS2. The van der Waals surface area contributed by atoms with Crippen LogP contribution in [0.15, 0.2) is 6.07 Å². The predicted octanol–water partition coefficient (Wildman–Crippen LogP) is 5.38. The number of thiophene rings is 1. The van der Waals surface area contributed by atoms with Crippen LogP contribution in [0.3, 0.4) is 0 Å². The highest BCUT2D eigenvalue weighted by Gasteiger charge is 2.26. The summed E-state index contributed by atoms with van der Waals surface area (Å²) in [4.78, 5) is 0. The van der Waals surface area contributed by atoms with Gasteiger partial charge in [0.1, 0.15) is 0 Å². The van der Waals surface area contributed by atoms with Crippen LogP contribution in [0.5, 0.6) is 0 Å². The van der Waals surface area contributed by atoms with E-state index < -0.39 is 0 Å². The van der Waals surface area contributed by atoms with Gasteiger partial charge in [0.15, 0.2) is 0 Å². The minimum atomic E-state index is 0.289. The molecule has 1 aromatic rings. The van der Waals surface area contributed by atoms with Gasteiger partial charge in [-0.2, -0.15) is 11.8 Å². The molecule has 0 spiro atoms. The lowest BCUT2D eigenvalue weighted by molar-refractivity contribution is 0.463. The maximum atomic E-state index is 6.19. The minimum absolute atomic E-state index is 0.289. The summed E-state index contributed by atoms with van der Waals surface area (Å²) < 4.78 is 1.59. The Kier molecular flexibility index (Phi) is 5.70. The zero-order chi connectivity index (χ0) is 13.1. The van der Waals surface area contributed by atoms with Gasteiger partial charge in [0, 0.05) is 17.3 Å². The van der Waals surface area contributed by atoms with E-state index in [4.69, 9.17) is 23.2 Å². The average molecular weight is 324 g/mol. The Bertz CT molecular complexity index is 394. The molecule has 1 aliphatic rings. The Morgan fingerprint density at radius 2 is 2.28 bits per heavy atom. The van der Waals surface area contributed by atoms with Crippen LogP contribution in [0.25, 0.3) is 0 Å². The summed E-state index contributed by atoms with van der Waals surface area (Å²) in [5.74, 6) is 1.22. The van der Waals surface area contributed by atoms with E-state index in [-0.39, 0.29) is 6.04 Å². The third kappa shape index (κ3) is 3.80. The summed E-state index contributed by atoms with van der Waals surface area (Å²) in [5, 5.41) is 4.52. The molecule has 0 bridgehead atoms. The van der Waals surface area contributed by atoms with Crippen molar-refractivity contribution >= 4 is 46.3 Å². The Labute approximate surface area is 128 Å². The van der Waals surface area contributed by atoms with E-state index >= 15 is 0 Å². The van der Waals surface area contributed by atoms with Crippen molar-refractivity contribution in [3.63, 3.8) is 0 Å². The second-order valence-electron chi connectivity index (χ2n) is 4.76. The number of hydrogen-bond donors (Lipinski definition) is 1. The minimum Gasteiger partial charge on any atom is -0.307 e. The van der Waals surface area contributed by atoms with E-state index in [9.17, 15) is 0 Å². The summed E-state index contributed by atoms with van der Waals surface area (Å²) in [7, 11) is 0. The van der Waals surface area contributed by atoms with Gasteiger partial charge in [-0.1, -0.05) is 30.1 Å². The number of hydrogen-bond acceptors (Lipinski definition) is 3. The fraction of sp³-hybridized carbons (Fsp3) is 0.692. The number of nitrogens with one attached hydrogen (secondary N) is 1. The van der Waals surface area contributed by atoms with Gasteiger partial charge in [-0.25, -0.2) is 0 Å². The average Bonchev–Trinajstić information content (AvgIpc) is 2.86. The van der Waals surface area contributed by atoms with E-state index in [0.717, 1.165) is 19.5 Å². The molecule has 18 heavy (non-hydrogen) atoms. The fourth-order valence-electron chi connectivity index (χ4n) is 2.57. The van der Waals surface area contributed by atoms with Crippen molar-refractivity contribution in [1.29, 1.82) is 0 Å². The van der Waals surface area contributed by atoms with E-state index in [0.29, 0.717) is 6.04 Å². The highest BCUT2D eigenvalue weighted by Crippen LogP contribution is 2.36. The molecule has 1 N–H and O–H groups in total. The molecular weight excluding hydrogens is 305 g/mol. The molecule has 1 fully saturated rings. The Hall–Kier alpha value is 0.590. The number of halogens is 2. The van der Waals surface area contributed by atoms with Crippen LogP contribution in [-0.2, 0) is 0 Å². The summed E-state index contributed by atoms with van der Waals surface area (Å²) >= 11 is 15.7. The Morgan fingerprint density at radius 1 is 1.50 bits per heavy atom. The van der Waals surface area contributed by atoms with E-state index in [2.05, 4.69) is 30.9 Å². The Balaban J connectivity index is 1.88. The summed E-state index contributed by atoms with van der Waals surface area (Å²) in [5.41, 5.74) is 1.14. The van der Waals surface area contributed by atoms with Crippen molar-refractivity contribution < 1.29 is 0 Å². The molecule has 2 rings (SSSR count). The van der Waals surface area contributed by atoms with Crippen molar-refractivity contribution in [2.75, 3.05) is 5.75 Å². The highest BCUT2D eigenvalue weighted by atomic mass is 35.5. The third-order valence-electron chi connectivity index (χ3n) is 3.42. The van der Waals surface area contributed by atoms with Crippen LogP contribution in [0.4, 0.5) is 0 Å². The van der Waals surface area contributed by atoms with Crippen LogP contribution in [0.1, 0.15) is 44.7 Å². The molecule has 1 heterocycles. The molecule has 3 atom stereocenters. The first-order valence-electron chi connectivity index (χ1n) is 6.42. The van der Waals surface area contributed by atoms with Crippen molar-refractivity contribution in [2.45, 2.75) is 50.4 Å². The largest absolute Gasteiger partial charge is 0.307 e. The van der Waals surface area contributed by atoms with E-state index in [1.54, 1.807) is 0 Å². The second kappa shape index (κ2) is 6.85. The molecule has 1 saturated carbocycles. The monoisotopic (exact) mass is 323 g/mol. The lowest BCUT2D eigenvalue weighted by Gasteiger charge is -2.19. The quantitative estimate of drug-likeness (QED) is 0.780. The molecule has 0 saturated heterocycles. The lowest BCUT2D eigenvalue weighted by Crippen LogP contribution is -2.29. The van der Waals surface area contributed by atoms with Gasteiger partial charge in [0.25, 0.3) is 0 Å². The molecule has 1 aliphatic carbocycles. The molecule has 0 aliphatic heterocycles. The van der Waals surface area contributed by atoms with Crippen LogP contribution in [-0.4, -0.2) is 17.0 Å². The SMILES string of the molecule is CCSC1CCC(NC(C)c2cc(Cl)sc2Cl)C1. The first kappa shape index (κ1) is 15.0. The zero-order valence-electron chi connectivity index (χ0n) is 10.7. The van der Waals surface area contributed by atoms with Crippen molar-refractivity contribution in [2.24, 2.45) is 0 Å². The van der Waals surface area contributed by atoms with E-state index in [1.807, 2.05) is 6.07 Å². The van der Waals surface area contributed by atoms with Crippen molar-refractivity contribution in [3.8, 4) is 0 Å². The normalized spacial score (nSPS) is 25.6. The molecule has 1 nitrogen and oxygen atoms in total. The second-order valence-corrected chi connectivity index (χ2v) is 8.62. The maximum absolute atomic E-state index is 6.19. The van der Waals surface area contributed by atoms with Gasteiger partial charge in [0.05, 0.1) is 8.67 Å². The lowest BCUT2D eigenvalue weighted by atomic mass is 10.1. The van der Waals surface area contributed by atoms with Gasteiger partial charge in [-0.05, 0) is 43.6 Å². The van der Waals surface area contributed by atoms with Gasteiger partial charge in [0.2, 0.25) is 0 Å². The summed E-state index contributed by atoms with van der Waals surface area (Å²) in [6.07, 6.45) is 3.89. The highest BCUT2D eigenvalue weighted by molar-refractivity contribution is 7.99. The van der Waals surface area contributed by atoms with Gasteiger partial charge in [-0.3, -0.25) is 0 Å². The van der Waals surface area contributed by atoms with Gasteiger partial charge < -0.3 is 5.32 Å². The van der Waals surface area contributed by atoms with Crippen LogP contribution in [0.2, 0.25) is 8.67 Å². The third-order valence-corrected chi connectivity index (χ3v) is 6.17. The molecule has 102 valence electrons. The maximum Gasteiger partial charge on any atom is 0.0991 e. The predicted molar refractivity (Wildman–Crippen MR) is 85.4 cm³/mol. The molecule has 3 unspecified atom stereocenters. The van der Waals surface area contributed by atoms with Crippen molar-refractivity contribution in [3.05, 3.63) is 20.3 Å². The van der Waals surface area contributed by atoms with Crippen LogP contribution in [0, 0.1) is 0 Å². The van der Waals surface area contributed by atoms with Crippen LogP contribution >= 0.6 is 46.3 Å². The molecule has 1 aromatic heterocycles. The van der Waals surface area contributed by atoms with Gasteiger partial charge in [-0.15, -0.1) is 11.3 Å². The number of thioether (sulfide) groups is 1. The molecule has 5 heteroatoms. The summed E-state index contributed by atoms with van der Waals surface area (Å²) in [6.45, 7) is 4.41. The van der Waals surface area contributed by atoms with Gasteiger partial charge >= 0.3 is 0 Å². The fourth-order valence-corrected chi connectivity index (χ4v) is 5.36. The standard InChI is InChI=1S/C13H19Cl2NS2/c1-3-17-10-5-4-9(6-10)16-8(2)11-7-12(14)18-13(11)15/h7-10,16H,3-6H2,1-2H3. The van der Waals surface area contributed by atoms with E-state index in [1.165, 1.54) is 36.4 Å². The first-order chi connectivity index (χ1) is 8.60. The Morgan fingerprint density at radius 3 is 2.89 bits per heavy atom. The molecule has 0 aromatic carbocycles. The smallest absolute Gasteiger partial charge is 0.0991 e. The topological polar surface area (TPSA) is 12.0 Å². The molecule has 0 radical (unpaired) electrons.